The fraction of sp³-hybridized carbons (Fsp3) is 0.667. The summed E-state index contributed by atoms with van der Waals surface area (Å²) in [5.74, 6) is 1.86. The average molecular weight is 373 g/mol. The van der Waals surface area contributed by atoms with Crippen molar-refractivity contribution in [2.75, 3.05) is 40.3 Å². The summed E-state index contributed by atoms with van der Waals surface area (Å²) in [6, 6.07) is 8.64. The Balaban J connectivity index is 1.43. The van der Waals surface area contributed by atoms with E-state index in [4.69, 9.17) is 9.47 Å². The second kappa shape index (κ2) is 8.07. The van der Waals surface area contributed by atoms with Gasteiger partial charge in [-0.05, 0) is 38.8 Å². The van der Waals surface area contributed by atoms with Crippen LogP contribution in [0.1, 0.15) is 43.7 Å². The predicted molar refractivity (Wildman–Crippen MR) is 107 cm³/mol. The number of morpholine rings is 1. The van der Waals surface area contributed by atoms with Gasteiger partial charge in [0.15, 0.2) is 5.96 Å². The van der Waals surface area contributed by atoms with Crippen molar-refractivity contribution in [2.24, 2.45) is 4.99 Å². The second-order valence-electron chi connectivity index (χ2n) is 8.14. The van der Waals surface area contributed by atoms with Crippen LogP contribution in [-0.4, -0.2) is 62.9 Å². The number of nitrogens with one attached hydrogen (secondary N) is 2. The van der Waals surface area contributed by atoms with Crippen molar-refractivity contribution in [3.8, 4) is 5.75 Å². The van der Waals surface area contributed by atoms with Gasteiger partial charge < -0.3 is 25.0 Å². The number of fused-ring (bicyclic) bond motifs is 1. The van der Waals surface area contributed by atoms with Crippen LogP contribution in [0, 0.1) is 0 Å². The summed E-state index contributed by atoms with van der Waals surface area (Å²) in [5.41, 5.74) is 1.21. The number of likely N-dealkylation sites (N-methyl/N-ethyl adjacent to an activating group) is 1. The summed E-state index contributed by atoms with van der Waals surface area (Å²) in [6.45, 7) is 3.52. The zero-order chi connectivity index (χ0) is 18.7. The highest BCUT2D eigenvalue weighted by Gasteiger charge is 2.43. The molecule has 1 saturated carbocycles. The van der Waals surface area contributed by atoms with E-state index in [1.54, 1.807) is 0 Å². The molecule has 6 nitrogen and oxygen atoms in total. The Morgan fingerprint density at radius 3 is 2.89 bits per heavy atom. The minimum absolute atomic E-state index is 0.0138. The highest BCUT2D eigenvalue weighted by atomic mass is 16.5. The largest absolute Gasteiger partial charge is 0.487 e. The molecule has 2 unspecified atom stereocenters. The monoisotopic (exact) mass is 372 g/mol. The van der Waals surface area contributed by atoms with Gasteiger partial charge in [0.25, 0.3) is 0 Å². The Hall–Kier alpha value is -1.79. The molecule has 2 heterocycles. The van der Waals surface area contributed by atoms with E-state index in [9.17, 15) is 0 Å². The lowest BCUT2D eigenvalue weighted by molar-refractivity contribution is -0.0162. The molecule has 0 aromatic heterocycles. The van der Waals surface area contributed by atoms with Crippen LogP contribution in [0.5, 0.6) is 5.75 Å². The minimum Gasteiger partial charge on any atom is -0.487 e. The Morgan fingerprint density at radius 1 is 1.30 bits per heavy atom. The zero-order valence-electron chi connectivity index (χ0n) is 16.5. The van der Waals surface area contributed by atoms with Crippen LogP contribution in [0.25, 0.3) is 0 Å². The fourth-order valence-corrected chi connectivity index (χ4v) is 4.63. The van der Waals surface area contributed by atoms with Crippen molar-refractivity contribution in [1.82, 2.24) is 15.5 Å². The molecule has 1 spiro atoms. The Kier molecular flexibility index (Phi) is 5.55. The number of nitrogens with zero attached hydrogens (tertiary/aromatic N) is 2. The zero-order valence-corrected chi connectivity index (χ0v) is 16.5. The molecule has 0 radical (unpaired) electrons. The van der Waals surface area contributed by atoms with Crippen LogP contribution < -0.4 is 15.4 Å². The van der Waals surface area contributed by atoms with Crippen molar-refractivity contribution < 1.29 is 9.47 Å². The van der Waals surface area contributed by atoms with E-state index in [-0.39, 0.29) is 17.7 Å². The van der Waals surface area contributed by atoms with Crippen LogP contribution in [-0.2, 0) is 4.74 Å². The standard InChI is InChI=1S/C21H32N4O2/c1-22-20(23-14-16-15-25(2)11-12-26-16)24-18-13-21(9-5-6-10-21)27-19-8-4-3-7-17(18)19/h3-4,7-8,16,18H,5-6,9-15H2,1-2H3,(H2,22,23,24). The summed E-state index contributed by atoms with van der Waals surface area (Å²) >= 11 is 0. The molecular weight excluding hydrogens is 340 g/mol. The molecule has 1 aliphatic carbocycles. The van der Waals surface area contributed by atoms with Gasteiger partial charge in [0.05, 0.1) is 18.8 Å². The number of hydrogen-bond donors (Lipinski definition) is 2. The van der Waals surface area contributed by atoms with Crippen LogP contribution >= 0.6 is 0 Å². The van der Waals surface area contributed by atoms with Gasteiger partial charge in [-0.3, -0.25) is 4.99 Å². The molecule has 2 aliphatic heterocycles. The molecule has 2 atom stereocenters. The van der Waals surface area contributed by atoms with E-state index < -0.39 is 0 Å². The van der Waals surface area contributed by atoms with Gasteiger partial charge in [0, 0.05) is 38.7 Å². The summed E-state index contributed by atoms with van der Waals surface area (Å²) < 4.78 is 12.3. The molecule has 1 aromatic carbocycles. The maximum Gasteiger partial charge on any atom is 0.191 e. The van der Waals surface area contributed by atoms with E-state index in [2.05, 4.69) is 51.8 Å². The first kappa shape index (κ1) is 18.6. The predicted octanol–water partition coefficient (Wildman–Crippen LogP) is 2.32. The van der Waals surface area contributed by atoms with Gasteiger partial charge in [-0.1, -0.05) is 18.2 Å². The van der Waals surface area contributed by atoms with Gasteiger partial charge in [-0.2, -0.15) is 0 Å². The highest BCUT2D eigenvalue weighted by molar-refractivity contribution is 5.80. The summed E-state index contributed by atoms with van der Waals surface area (Å²) in [4.78, 5) is 6.77. The number of rotatable bonds is 3. The maximum atomic E-state index is 6.47. The molecule has 27 heavy (non-hydrogen) atoms. The van der Waals surface area contributed by atoms with Gasteiger partial charge in [0.2, 0.25) is 0 Å². The lowest BCUT2D eigenvalue weighted by Crippen LogP contribution is -2.50. The molecule has 0 amide bonds. The molecule has 4 rings (SSSR count). The van der Waals surface area contributed by atoms with Gasteiger partial charge >= 0.3 is 0 Å². The number of para-hydroxylation sites is 1. The average Bonchev–Trinajstić information content (AvgIpc) is 3.12. The third-order valence-electron chi connectivity index (χ3n) is 6.09. The normalized spacial score (nSPS) is 27.9. The Labute approximate surface area is 162 Å². The van der Waals surface area contributed by atoms with E-state index in [1.165, 1.54) is 18.4 Å². The first-order valence-electron chi connectivity index (χ1n) is 10.2. The summed E-state index contributed by atoms with van der Waals surface area (Å²) in [6.07, 6.45) is 6.00. The topological polar surface area (TPSA) is 58.1 Å². The van der Waals surface area contributed by atoms with Crippen molar-refractivity contribution in [3.05, 3.63) is 29.8 Å². The van der Waals surface area contributed by atoms with Gasteiger partial charge in [-0.15, -0.1) is 0 Å². The minimum atomic E-state index is -0.0138. The van der Waals surface area contributed by atoms with E-state index in [0.717, 1.165) is 57.2 Å². The third-order valence-corrected chi connectivity index (χ3v) is 6.09. The SMILES string of the molecule is CN=C(NCC1CN(C)CCO1)NC1CC2(CCCC2)Oc2ccccc21. The number of ether oxygens (including phenoxy) is 2. The lowest BCUT2D eigenvalue weighted by Gasteiger charge is -2.40. The quantitative estimate of drug-likeness (QED) is 0.630. The number of hydrogen-bond acceptors (Lipinski definition) is 4. The molecular formula is C21H32N4O2. The molecule has 6 heteroatoms. The number of guanidine groups is 1. The van der Waals surface area contributed by atoms with Crippen molar-refractivity contribution in [1.29, 1.82) is 0 Å². The molecule has 2 fully saturated rings. The van der Waals surface area contributed by atoms with E-state index in [0.29, 0.717) is 0 Å². The van der Waals surface area contributed by atoms with Crippen molar-refractivity contribution >= 4 is 5.96 Å². The van der Waals surface area contributed by atoms with Gasteiger partial charge in [-0.25, -0.2) is 0 Å². The first-order chi connectivity index (χ1) is 13.2. The molecule has 2 N–H and O–H groups in total. The first-order valence-corrected chi connectivity index (χ1v) is 10.2. The molecule has 148 valence electrons. The Morgan fingerprint density at radius 2 is 2.11 bits per heavy atom. The third kappa shape index (κ3) is 4.22. The molecule has 3 aliphatic rings. The molecule has 0 bridgehead atoms. The lowest BCUT2D eigenvalue weighted by atomic mass is 9.86. The summed E-state index contributed by atoms with van der Waals surface area (Å²) in [5, 5.41) is 7.12. The fourth-order valence-electron chi connectivity index (χ4n) is 4.63. The smallest absolute Gasteiger partial charge is 0.191 e. The van der Waals surface area contributed by atoms with Gasteiger partial charge in [0.1, 0.15) is 11.4 Å². The number of benzene rings is 1. The highest BCUT2D eigenvalue weighted by Crippen LogP contribution is 2.46. The van der Waals surface area contributed by atoms with E-state index >= 15 is 0 Å². The summed E-state index contributed by atoms with van der Waals surface area (Å²) in [7, 11) is 3.97. The number of aliphatic imine (C=N–C) groups is 1. The van der Waals surface area contributed by atoms with Crippen LogP contribution in [0.4, 0.5) is 0 Å². The second-order valence-corrected chi connectivity index (χ2v) is 8.14. The van der Waals surface area contributed by atoms with E-state index in [1.807, 2.05) is 7.05 Å². The molecule has 1 saturated heterocycles. The van der Waals surface area contributed by atoms with Crippen molar-refractivity contribution in [2.45, 2.75) is 49.9 Å². The Bertz CT molecular complexity index is 672. The van der Waals surface area contributed by atoms with Crippen LogP contribution in [0.2, 0.25) is 0 Å². The maximum absolute atomic E-state index is 6.47. The van der Waals surface area contributed by atoms with Crippen molar-refractivity contribution in [3.63, 3.8) is 0 Å². The van der Waals surface area contributed by atoms with Crippen LogP contribution in [0.3, 0.4) is 0 Å². The van der Waals surface area contributed by atoms with Crippen LogP contribution in [0.15, 0.2) is 29.3 Å². The molecule has 1 aromatic rings.